The zero-order valence-electron chi connectivity index (χ0n) is 12.5. The molecule has 23 heavy (non-hydrogen) atoms. The van der Waals surface area contributed by atoms with Crippen molar-refractivity contribution in [1.29, 1.82) is 0 Å². The van der Waals surface area contributed by atoms with Crippen LogP contribution in [0.25, 0.3) is 20.9 Å². The van der Waals surface area contributed by atoms with E-state index in [1.54, 1.807) is 6.92 Å². The monoisotopic (exact) mass is 367 g/mol. The van der Waals surface area contributed by atoms with Gasteiger partial charge in [-0.3, -0.25) is 4.79 Å². The number of thiophene rings is 1. The van der Waals surface area contributed by atoms with E-state index in [0.717, 1.165) is 15.0 Å². The molecule has 1 aromatic carbocycles. The Morgan fingerprint density at radius 1 is 1.43 bits per heavy atom. The largest absolute Gasteiger partial charge is 0.410 e. The Morgan fingerprint density at radius 3 is 2.96 bits per heavy atom. The first-order valence-electron chi connectivity index (χ1n) is 7.05. The number of carbonyl (C=O) groups excluding carboxylic acids is 1. The molecule has 0 saturated heterocycles. The van der Waals surface area contributed by atoms with Crippen LogP contribution in [-0.4, -0.2) is 27.9 Å². The number of amides is 1. The van der Waals surface area contributed by atoms with Crippen LogP contribution in [0, 0.1) is 0 Å². The summed E-state index contributed by atoms with van der Waals surface area (Å²) in [6, 6.07) is 7.86. The Kier molecular flexibility index (Phi) is 4.89. The summed E-state index contributed by atoms with van der Waals surface area (Å²) in [7, 11) is 0. The number of fused-ring (bicyclic) bond motifs is 1. The second-order valence-electron chi connectivity index (χ2n) is 4.77. The Bertz CT molecular complexity index is 846. The molecule has 0 aliphatic carbocycles. The van der Waals surface area contributed by atoms with Gasteiger partial charge in [0.2, 0.25) is 5.91 Å². The Balaban J connectivity index is 1.83. The van der Waals surface area contributed by atoms with Crippen molar-refractivity contribution in [2.24, 2.45) is 0 Å². The lowest BCUT2D eigenvalue weighted by Gasteiger charge is -2.07. The maximum Gasteiger partial charge on any atom is 0.277 e. The molecule has 0 bridgehead atoms. The molecule has 0 aliphatic rings. The molecule has 3 rings (SSSR count). The molecule has 5 nitrogen and oxygen atoms in total. The first-order valence-corrected chi connectivity index (χ1v) is 9.12. The summed E-state index contributed by atoms with van der Waals surface area (Å²) < 4.78 is 6.73. The van der Waals surface area contributed by atoms with E-state index < -0.39 is 0 Å². The molecule has 0 spiro atoms. The van der Waals surface area contributed by atoms with Crippen molar-refractivity contribution < 1.29 is 9.21 Å². The quantitative estimate of drug-likeness (QED) is 0.684. The Labute approximate surface area is 146 Å². The summed E-state index contributed by atoms with van der Waals surface area (Å²) >= 11 is 9.15. The van der Waals surface area contributed by atoms with Crippen LogP contribution >= 0.6 is 34.7 Å². The minimum atomic E-state index is -0.305. The van der Waals surface area contributed by atoms with Gasteiger partial charge in [-0.25, -0.2) is 0 Å². The van der Waals surface area contributed by atoms with Gasteiger partial charge in [0.05, 0.1) is 10.3 Å². The summed E-state index contributed by atoms with van der Waals surface area (Å²) in [6.45, 7) is 4.27. The van der Waals surface area contributed by atoms with Gasteiger partial charge in [0.15, 0.2) is 0 Å². The standard InChI is InChI=1S/C15H14ClN3O2S2/c1-3-17-13(20)8(2)22-15-19-18-14(21-15)12-11(16)9-6-4-5-7-10(9)23-12/h4-8H,3H2,1-2H3,(H,17,20)/t8-/m0/s1. The summed E-state index contributed by atoms with van der Waals surface area (Å²) in [5.41, 5.74) is 0. The van der Waals surface area contributed by atoms with Crippen molar-refractivity contribution in [1.82, 2.24) is 15.5 Å². The van der Waals surface area contributed by atoms with Crippen molar-refractivity contribution in [2.45, 2.75) is 24.3 Å². The van der Waals surface area contributed by atoms with Crippen LogP contribution in [0.4, 0.5) is 0 Å². The third-order valence-electron chi connectivity index (χ3n) is 3.13. The summed E-state index contributed by atoms with van der Waals surface area (Å²) in [6.07, 6.45) is 0. The Morgan fingerprint density at radius 2 is 2.22 bits per heavy atom. The van der Waals surface area contributed by atoms with Crippen LogP contribution in [0.1, 0.15) is 13.8 Å². The maximum absolute atomic E-state index is 11.8. The van der Waals surface area contributed by atoms with Crippen LogP contribution in [0.15, 0.2) is 33.9 Å². The van der Waals surface area contributed by atoms with E-state index in [4.69, 9.17) is 16.0 Å². The van der Waals surface area contributed by atoms with Crippen LogP contribution in [0.3, 0.4) is 0 Å². The van der Waals surface area contributed by atoms with E-state index in [0.29, 0.717) is 22.7 Å². The molecule has 2 aromatic heterocycles. The molecule has 0 saturated carbocycles. The zero-order valence-corrected chi connectivity index (χ0v) is 14.9. The second-order valence-corrected chi connectivity index (χ2v) is 7.49. The average Bonchev–Trinajstić information content (AvgIpc) is 3.13. The van der Waals surface area contributed by atoms with Gasteiger partial charge in [-0.1, -0.05) is 41.6 Å². The van der Waals surface area contributed by atoms with Gasteiger partial charge < -0.3 is 9.73 Å². The van der Waals surface area contributed by atoms with E-state index in [9.17, 15) is 4.79 Å². The molecule has 0 radical (unpaired) electrons. The predicted molar refractivity (Wildman–Crippen MR) is 94.1 cm³/mol. The topological polar surface area (TPSA) is 68.0 Å². The van der Waals surface area contributed by atoms with Crippen molar-refractivity contribution in [3.05, 3.63) is 29.3 Å². The van der Waals surface area contributed by atoms with E-state index in [1.165, 1.54) is 23.1 Å². The molecule has 1 atom stereocenters. The fourth-order valence-corrected chi connectivity index (χ4v) is 4.16. The third kappa shape index (κ3) is 3.36. The Hall–Kier alpha value is -1.57. The molecular formula is C15H14ClN3O2S2. The van der Waals surface area contributed by atoms with E-state index in [1.807, 2.05) is 31.2 Å². The highest BCUT2D eigenvalue weighted by atomic mass is 35.5. The van der Waals surface area contributed by atoms with Gasteiger partial charge in [0, 0.05) is 16.6 Å². The maximum atomic E-state index is 11.8. The van der Waals surface area contributed by atoms with Crippen molar-refractivity contribution >= 4 is 50.7 Å². The minimum Gasteiger partial charge on any atom is -0.410 e. The zero-order chi connectivity index (χ0) is 16.4. The van der Waals surface area contributed by atoms with Crippen LogP contribution in [0.2, 0.25) is 5.02 Å². The number of benzene rings is 1. The SMILES string of the molecule is CCNC(=O)[C@H](C)Sc1nnc(-c2sc3ccccc3c2Cl)o1. The highest BCUT2D eigenvalue weighted by Crippen LogP contribution is 2.41. The summed E-state index contributed by atoms with van der Waals surface area (Å²) in [4.78, 5) is 12.5. The van der Waals surface area contributed by atoms with Gasteiger partial charge in [0.25, 0.3) is 11.1 Å². The number of hydrogen-bond donors (Lipinski definition) is 1. The van der Waals surface area contributed by atoms with Crippen LogP contribution in [-0.2, 0) is 4.79 Å². The molecule has 0 aliphatic heterocycles. The lowest BCUT2D eigenvalue weighted by Crippen LogP contribution is -2.30. The summed E-state index contributed by atoms with van der Waals surface area (Å²) in [5.74, 6) is 0.318. The smallest absolute Gasteiger partial charge is 0.277 e. The van der Waals surface area contributed by atoms with Crippen molar-refractivity contribution in [2.75, 3.05) is 6.54 Å². The number of halogens is 1. The number of carbonyl (C=O) groups is 1. The molecule has 3 aromatic rings. The highest BCUT2D eigenvalue weighted by molar-refractivity contribution is 8.00. The van der Waals surface area contributed by atoms with Gasteiger partial charge >= 0.3 is 0 Å². The van der Waals surface area contributed by atoms with E-state index in [2.05, 4.69) is 15.5 Å². The molecular weight excluding hydrogens is 354 g/mol. The fourth-order valence-electron chi connectivity index (χ4n) is 2.02. The number of nitrogens with zero attached hydrogens (tertiary/aromatic N) is 2. The van der Waals surface area contributed by atoms with Gasteiger partial charge in [-0.15, -0.1) is 21.5 Å². The molecule has 0 unspecified atom stereocenters. The third-order valence-corrected chi connectivity index (χ3v) is 5.73. The molecule has 2 heterocycles. The number of thioether (sulfide) groups is 1. The first-order chi connectivity index (χ1) is 11.1. The molecule has 120 valence electrons. The second kappa shape index (κ2) is 6.90. The number of rotatable bonds is 5. The van der Waals surface area contributed by atoms with Gasteiger partial charge in [-0.2, -0.15) is 0 Å². The lowest BCUT2D eigenvalue weighted by atomic mass is 10.2. The molecule has 0 fully saturated rings. The minimum absolute atomic E-state index is 0.0582. The van der Waals surface area contributed by atoms with E-state index >= 15 is 0 Å². The molecule has 1 N–H and O–H groups in total. The predicted octanol–water partition coefficient (Wildman–Crippen LogP) is 4.22. The molecule has 8 heteroatoms. The normalized spacial score (nSPS) is 12.5. The number of aromatic nitrogens is 2. The average molecular weight is 368 g/mol. The number of nitrogens with one attached hydrogen (secondary N) is 1. The van der Waals surface area contributed by atoms with E-state index in [-0.39, 0.29) is 11.2 Å². The van der Waals surface area contributed by atoms with Crippen LogP contribution < -0.4 is 5.32 Å². The highest BCUT2D eigenvalue weighted by Gasteiger charge is 2.21. The van der Waals surface area contributed by atoms with Gasteiger partial charge in [-0.05, 0) is 19.9 Å². The lowest BCUT2D eigenvalue weighted by molar-refractivity contribution is -0.120. The van der Waals surface area contributed by atoms with Crippen molar-refractivity contribution in [3.8, 4) is 10.8 Å². The van der Waals surface area contributed by atoms with Crippen molar-refractivity contribution in [3.63, 3.8) is 0 Å². The van der Waals surface area contributed by atoms with Gasteiger partial charge in [0.1, 0.15) is 4.88 Å². The first kappa shape index (κ1) is 16.3. The fraction of sp³-hybridized carbons (Fsp3) is 0.267. The van der Waals surface area contributed by atoms with Crippen LogP contribution in [0.5, 0.6) is 0 Å². The molecule has 1 amide bonds. The number of hydrogen-bond acceptors (Lipinski definition) is 6. The summed E-state index contributed by atoms with van der Waals surface area (Å²) in [5, 5.41) is 12.5.